The summed E-state index contributed by atoms with van der Waals surface area (Å²) < 4.78 is 24.6. The molecule has 1 aromatic rings. The van der Waals surface area contributed by atoms with Crippen molar-refractivity contribution in [2.24, 2.45) is 7.05 Å². The Labute approximate surface area is 147 Å². The van der Waals surface area contributed by atoms with Crippen molar-refractivity contribution < 1.29 is 13.2 Å². The van der Waals surface area contributed by atoms with Crippen LogP contribution in [0.3, 0.4) is 0 Å². The Hall–Kier alpha value is -1.74. The molecule has 3 rings (SSSR count). The number of rotatable bonds is 4. The predicted molar refractivity (Wildman–Crippen MR) is 92.8 cm³/mol. The van der Waals surface area contributed by atoms with E-state index in [2.05, 4.69) is 4.98 Å². The minimum Gasteiger partial charge on any atom is -0.332 e. The van der Waals surface area contributed by atoms with Crippen LogP contribution in [0.25, 0.3) is 0 Å². The molecule has 2 aliphatic rings. The number of aromatic nitrogens is 2. The van der Waals surface area contributed by atoms with Gasteiger partial charge in [-0.25, -0.2) is 13.4 Å². The van der Waals surface area contributed by atoms with E-state index in [1.54, 1.807) is 18.9 Å². The van der Waals surface area contributed by atoms with Gasteiger partial charge >= 0.3 is 0 Å². The molecule has 0 saturated carbocycles. The minimum absolute atomic E-state index is 0.00909. The van der Waals surface area contributed by atoms with Crippen molar-refractivity contribution in [1.29, 1.82) is 0 Å². The van der Waals surface area contributed by atoms with Crippen molar-refractivity contribution in [3.05, 3.63) is 27.4 Å². The van der Waals surface area contributed by atoms with Gasteiger partial charge in [0.05, 0.1) is 35.9 Å². The number of fused-ring (bicyclic) bond motifs is 1. The van der Waals surface area contributed by atoms with Gasteiger partial charge in [0.2, 0.25) is 5.91 Å². The molecule has 25 heavy (non-hydrogen) atoms. The zero-order chi connectivity index (χ0) is 18.4. The fourth-order valence-electron chi connectivity index (χ4n) is 3.44. The van der Waals surface area contributed by atoms with Crippen LogP contribution in [0.15, 0.2) is 4.79 Å². The van der Waals surface area contributed by atoms with Crippen LogP contribution in [0, 0.1) is 6.92 Å². The number of carbonyl (C=O) groups is 1. The van der Waals surface area contributed by atoms with E-state index >= 15 is 0 Å². The van der Waals surface area contributed by atoms with Gasteiger partial charge in [-0.05, 0) is 20.4 Å². The van der Waals surface area contributed by atoms with Crippen LogP contribution in [0.1, 0.15) is 29.9 Å². The van der Waals surface area contributed by atoms with Gasteiger partial charge in [-0.3, -0.25) is 14.2 Å². The Bertz CT molecular complexity index is 862. The number of hydrogen-bond acceptors (Lipinski definition) is 6. The highest BCUT2D eigenvalue weighted by molar-refractivity contribution is 7.91. The van der Waals surface area contributed by atoms with E-state index in [9.17, 15) is 18.0 Å². The van der Waals surface area contributed by atoms with Crippen molar-refractivity contribution in [3.63, 3.8) is 0 Å². The first kappa shape index (κ1) is 18.1. The molecular formula is C16H24N4O4S. The van der Waals surface area contributed by atoms with Gasteiger partial charge in [0.1, 0.15) is 5.82 Å². The van der Waals surface area contributed by atoms with Crippen LogP contribution in [0.5, 0.6) is 0 Å². The molecule has 1 amide bonds. The summed E-state index contributed by atoms with van der Waals surface area (Å²) in [4.78, 5) is 32.8. The number of sulfone groups is 1. The zero-order valence-electron chi connectivity index (χ0n) is 14.9. The number of carbonyl (C=O) groups excluding carboxylic acids is 1. The number of nitrogens with zero attached hydrogens (tertiary/aromatic N) is 4. The maximum atomic E-state index is 12.5. The first-order valence-corrected chi connectivity index (χ1v) is 10.2. The summed E-state index contributed by atoms with van der Waals surface area (Å²) in [6.45, 7) is 2.95. The molecular weight excluding hydrogens is 344 g/mol. The highest BCUT2D eigenvalue weighted by atomic mass is 32.2. The molecule has 1 atom stereocenters. The molecule has 0 aromatic carbocycles. The van der Waals surface area contributed by atoms with E-state index < -0.39 is 9.84 Å². The molecule has 1 saturated heterocycles. The number of hydrogen-bond donors (Lipinski definition) is 0. The molecule has 9 heteroatoms. The fraction of sp³-hybridized carbons (Fsp3) is 0.688. The van der Waals surface area contributed by atoms with Crippen LogP contribution in [0.2, 0.25) is 0 Å². The molecule has 1 unspecified atom stereocenters. The third-order valence-electron chi connectivity index (χ3n) is 5.25. The molecule has 2 aliphatic heterocycles. The first-order valence-electron chi connectivity index (χ1n) is 8.42. The summed E-state index contributed by atoms with van der Waals surface area (Å²) in [5.41, 5.74) is 1.19. The highest BCUT2D eigenvalue weighted by Crippen LogP contribution is 2.20. The summed E-state index contributed by atoms with van der Waals surface area (Å²) in [5, 5.41) is 0. The fourth-order valence-corrected chi connectivity index (χ4v) is 5.25. The van der Waals surface area contributed by atoms with Gasteiger partial charge in [-0.15, -0.1) is 0 Å². The van der Waals surface area contributed by atoms with Crippen molar-refractivity contribution in [2.45, 2.75) is 38.9 Å². The Kier molecular flexibility index (Phi) is 4.72. The molecule has 0 aliphatic carbocycles. The van der Waals surface area contributed by atoms with Gasteiger partial charge in [-0.1, -0.05) is 0 Å². The van der Waals surface area contributed by atoms with E-state index in [0.717, 1.165) is 0 Å². The molecule has 8 nitrogen and oxygen atoms in total. The monoisotopic (exact) mass is 368 g/mol. The van der Waals surface area contributed by atoms with E-state index in [0.29, 0.717) is 49.6 Å². The number of aryl methyl sites for hydroxylation is 1. The Morgan fingerprint density at radius 1 is 1.36 bits per heavy atom. The van der Waals surface area contributed by atoms with Crippen molar-refractivity contribution in [3.8, 4) is 0 Å². The molecule has 1 fully saturated rings. The van der Waals surface area contributed by atoms with Gasteiger partial charge in [0, 0.05) is 26.1 Å². The quantitative estimate of drug-likeness (QED) is 0.707. The second kappa shape index (κ2) is 6.53. The number of amides is 1. The molecule has 0 radical (unpaired) electrons. The minimum atomic E-state index is -2.93. The maximum absolute atomic E-state index is 12.5. The van der Waals surface area contributed by atoms with Crippen molar-refractivity contribution in [2.75, 3.05) is 25.1 Å². The lowest BCUT2D eigenvalue weighted by Crippen LogP contribution is -2.36. The lowest BCUT2D eigenvalue weighted by Gasteiger charge is -2.24. The Balaban J connectivity index is 1.58. The maximum Gasteiger partial charge on any atom is 0.258 e. The second-order valence-electron chi connectivity index (χ2n) is 6.99. The van der Waals surface area contributed by atoms with Crippen molar-refractivity contribution >= 4 is 15.7 Å². The van der Waals surface area contributed by atoms with Gasteiger partial charge < -0.3 is 9.80 Å². The lowest BCUT2D eigenvalue weighted by molar-refractivity contribution is -0.132. The standard InChI is InChI=1S/C16H24N4O4S/c1-11-17-14-9-20(8-13(14)16(22)19(11)3)15(21)4-6-18(2)12-5-7-25(23,24)10-12/h12H,4-10H2,1-3H3. The first-order chi connectivity index (χ1) is 11.7. The van der Waals surface area contributed by atoms with Crippen LogP contribution in [-0.2, 0) is 34.8 Å². The molecule has 138 valence electrons. The normalized spacial score (nSPS) is 21.8. The molecule has 0 N–H and O–H groups in total. The summed E-state index contributed by atoms with van der Waals surface area (Å²) in [6, 6.07) is -0.00909. The van der Waals surface area contributed by atoms with E-state index in [-0.39, 0.29) is 29.0 Å². The third kappa shape index (κ3) is 3.62. The van der Waals surface area contributed by atoms with Crippen LogP contribution >= 0.6 is 0 Å². The van der Waals surface area contributed by atoms with Crippen LogP contribution in [0.4, 0.5) is 0 Å². The second-order valence-corrected chi connectivity index (χ2v) is 9.21. The van der Waals surface area contributed by atoms with Crippen LogP contribution < -0.4 is 5.56 Å². The molecule has 1 aromatic heterocycles. The summed E-state index contributed by atoms with van der Waals surface area (Å²) in [6.07, 6.45) is 0.932. The topological polar surface area (TPSA) is 92.6 Å². The Morgan fingerprint density at radius 2 is 2.08 bits per heavy atom. The van der Waals surface area contributed by atoms with Crippen molar-refractivity contribution in [1.82, 2.24) is 19.4 Å². The smallest absolute Gasteiger partial charge is 0.258 e. The van der Waals surface area contributed by atoms with Gasteiger partial charge in [-0.2, -0.15) is 0 Å². The predicted octanol–water partition coefficient (Wildman–Crippen LogP) is -0.560. The molecule has 3 heterocycles. The average molecular weight is 368 g/mol. The van der Waals surface area contributed by atoms with E-state index in [1.165, 1.54) is 4.57 Å². The zero-order valence-corrected chi connectivity index (χ0v) is 15.7. The van der Waals surface area contributed by atoms with Crippen LogP contribution in [-0.4, -0.2) is 64.8 Å². The molecule has 0 spiro atoms. The SMILES string of the molecule is Cc1nc2c(c(=O)n1C)CN(C(=O)CCN(C)C1CCS(=O)(=O)C1)C2. The van der Waals surface area contributed by atoms with E-state index in [4.69, 9.17) is 0 Å². The Morgan fingerprint density at radius 3 is 2.72 bits per heavy atom. The average Bonchev–Trinajstić information content (AvgIpc) is 3.13. The highest BCUT2D eigenvalue weighted by Gasteiger charge is 2.32. The molecule has 0 bridgehead atoms. The summed E-state index contributed by atoms with van der Waals surface area (Å²) in [7, 11) is 0.614. The van der Waals surface area contributed by atoms with E-state index in [1.807, 2.05) is 11.9 Å². The lowest BCUT2D eigenvalue weighted by atomic mass is 10.2. The van der Waals surface area contributed by atoms with Gasteiger partial charge in [0.15, 0.2) is 9.84 Å². The van der Waals surface area contributed by atoms with Gasteiger partial charge in [0.25, 0.3) is 5.56 Å². The largest absolute Gasteiger partial charge is 0.332 e. The summed E-state index contributed by atoms with van der Waals surface area (Å²) >= 11 is 0. The third-order valence-corrected chi connectivity index (χ3v) is 7.00. The summed E-state index contributed by atoms with van der Waals surface area (Å²) in [5.74, 6) is 1.00.